The molecule has 0 aliphatic carbocycles. The summed E-state index contributed by atoms with van der Waals surface area (Å²) in [5, 5.41) is 3.44. The Kier molecular flexibility index (Phi) is 5.82. The summed E-state index contributed by atoms with van der Waals surface area (Å²) in [7, 11) is 0. The minimum atomic E-state index is 0.114. The van der Waals surface area contributed by atoms with Gasteiger partial charge in [-0.05, 0) is 40.0 Å². The normalized spacial score (nSPS) is 24.1. The summed E-state index contributed by atoms with van der Waals surface area (Å²) in [5.74, 6) is 1.34. The van der Waals surface area contributed by atoms with E-state index in [9.17, 15) is 4.79 Å². The third kappa shape index (κ3) is 3.55. The number of aliphatic imine (C=N–C) groups is 1. The van der Waals surface area contributed by atoms with Crippen LogP contribution in [0.25, 0.3) is 0 Å². The molecule has 2 heterocycles. The molecule has 24 heavy (non-hydrogen) atoms. The summed E-state index contributed by atoms with van der Waals surface area (Å²) in [5.41, 5.74) is 0.417. The first-order chi connectivity index (χ1) is 11.2. The van der Waals surface area contributed by atoms with Crippen molar-refractivity contribution >= 4 is 11.9 Å². The molecule has 1 N–H and O–H groups in total. The molecule has 1 amide bonds. The number of amides is 1. The van der Waals surface area contributed by atoms with Gasteiger partial charge in [-0.15, -0.1) is 0 Å². The van der Waals surface area contributed by atoms with Gasteiger partial charge in [0.15, 0.2) is 5.96 Å². The van der Waals surface area contributed by atoms with Gasteiger partial charge in [-0.25, -0.2) is 0 Å². The van der Waals surface area contributed by atoms with Crippen molar-refractivity contribution in [2.45, 2.75) is 78.8 Å². The Morgan fingerprint density at radius 2 is 2.00 bits per heavy atom. The Bertz CT molecular complexity index is 484. The average Bonchev–Trinajstić information content (AvgIpc) is 2.94. The summed E-state index contributed by atoms with van der Waals surface area (Å²) in [6.45, 7) is 17.1. The van der Waals surface area contributed by atoms with E-state index < -0.39 is 0 Å². The topological polar surface area (TPSA) is 47.9 Å². The number of likely N-dealkylation sites (tertiary alicyclic amines) is 2. The minimum absolute atomic E-state index is 0.114. The Morgan fingerprint density at radius 1 is 1.29 bits per heavy atom. The average molecular weight is 337 g/mol. The zero-order chi connectivity index (χ0) is 18.0. The maximum Gasteiger partial charge on any atom is 0.222 e. The lowest BCUT2D eigenvalue weighted by Crippen LogP contribution is -2.72. The molecular formula is C19H36N4O. The molecule has 2 fully saturated rings. The van der Waals surface area contributed by atoms with Gasteiger partial charge in [0.05, 0.1) is 0 Å². The summed E-state index contributed by atoms with van der Waals surface area (Å²) >= 11 is 0. The molecule has 5 heteroatoms. The van der Waals surface area contributed by atoms with Crippen LogP contribution < -0.4 is 5.32 Å². The van der Waals surface area contributed by atoms with Crippen molar-refractivity contribution in [3.63, 3.8) is 0 Å². The Balaban J connectivity index is 1.97. The molecule has 2 aliphatic heterocycles. The van der Waals surface area contributed by atoms with Crippen molar-refractivity contribution < 1.29 is 4.79 Å². The van der Waals surface area contributed by atoms with Crippen molar-refractivity contribution in [3.8, 4) is 0 Å². The fraction of sp³-hybridized carbons (Fsp3) is 0.895. The predicted molar refractivity (Wildman–Crippen MR) is 100 cm³/mol. The standard InChI is InChI=1S/C19H36N4O/c1-7-15(22-13-9-10-16(22)24)11-12-21-17(20-8-2)23-14-18(3,4)19(23,5)6/h15H,7-14H2,1-6H3,(H,20,21). The predicted octanol–water partition coefficient (Wildman–Crippen LogP) is 2.86. The number of carbonyl (C=O) groups is 1. The van der Waals surface area contributed by atoms with Gasteiger partial charge in [0.25, 0.3) is 0 Å². The molecule has 1 unspecified atom stereocenters. The molecule has 0 radical (unpaired) electrons. The van der Waals surface area contributed by atoms with Gasteiger partial charge in [0.1, 0.15) is 0 Å². The molecule has 2 rings (SSSR count). The third-order valence-corrected chi connectivity index (χ3v) is 6.22. The maximum absolute atomic E-state index is 12.0. The smallest absolute Gasteiger partial charge is 0.222 e. The first kappa shape index (κ1) is 19.1. The van der Waals surface area contributed by atoms with E-state index in [1.54, 1.807) is 0 Å². The fourth-order valence-electron chi connectivity index (χ4n) is 3.75. The highest BCUT2D eigenvalue weighted by Gasteiger charge is 2.53. The highest BCUT2D eigenvalue weighted by Crippen LogP contribution is 2.46. The molecule has 0 aromatic carbocycles. The third-order valence-electron chi connectivity index (χ3n) is 6.22. The highest BCUT2D eigenvalue weighted by molar-refractivity contribution is 5.82. The van der Waals surface area contributed by atoms with Gasteiger partial charge in [-0.1, -0.05) is 20.8 Å². The van der Waals surface area contributed by atoms with Crippen molar-refractivity contribution in [1.29, 1.82) is 0 Å². The first-order valence-corrected chi connectivity index (χ1v) is 9.60. The molecule has 5 nitrogen and oxygen atoms in total. The first-order valence-electron chi connectivity index (χ1n) is 9.60. The van der Waals surface area contributed by atoms with Crippen LogP contribution in [0.3, 0.4) is 0 Å². The van der Waals surface area contributed by atoms with Crippen LogP contribution in [-0.2, 0) is 4.79 Å². The monoisotopic (exact) mass is 336 g/mol. The van der Waals surface area contributed by atoms with Crippen LogP contribution in [0.15, 0.2) is 4.99 Å². The number of rotatable bonds is 6. The fourth-order valence-corrected chi connectivity index (χ4v) is 3.75. The van der Waals surface area contributed by atoms with Crippen LogP contribution in [0.1, 0.15) is 67.2 Å². The number of hydrogen-bond acceptors (Lipinski definition) is 2. The van der Waals surface area contributed by atoms with E-state index >= 15 is 0 Å². The van der Waals surface area contributed by atoms with E-state index in [0.717, 1.165) is 57.8 Å². The van der Waals surface area contributed by atoms with E-state index in [4.69, 9.17) is 4.99 Å². The summed E-state index contributed by atoms with van der Waals surface area (Å²) in [6, 6.07) is 0.340. The van der Waals surface area contributed by atoms with E-state index in [1.165, 1.54) is 0 Å². The molecule has 0 bridgehead atoms. The van der Waals surface area contributed by atoms with Crippen LogP contribution >= 0.6 is 0 Å². The summed E-state index contributed by atoms with van der Waals surface area (Å²) < 4.78 is 0. The van der Waals surface area contributed by atoms with Crippen LogP contribution in [0, 0.1) is 5.41 Å². The van der Waals surface area contributed by atoms with Gasteiger partial charge < -0.3 is 15.1 Å². The Morgan fingerprint density at radius 3 is 2.46 bits per heavy atom. The number of nitrogens with zero attached hydrogens (tertiary/aromatic N) is 3. The second-order valence-corrected chi connectivity index (χ2v) is 8.31. The van der Waals surface area contributed by atoms with Crippen LogP contribution in [0.2, 0.25) is 0 Å². The highest BCUT2D eigenvalue weighted by atomic mass is 16.2. The SMILES string of the molecule is CCNC(=NCCC(CC)N1CCCC1=O)N1CC(C)(C)C1(C)C. The van der Waals surface area contributed by atoms with E-state index in [-0.39, 0.29) is 5.54 Å². The maximum atomic E-state index is 12.0. The molecule has 0 saturated carbocycles. The lowest BCUT2D eigenvalue weighted by atomic mass is 9.65. The Labute approximate surface area is 147 Å². The molecule has 138 valence electrons. The largest absolute Gasteiger partial charge is 0.356 e. The van der Waals surface area contributed by atoms with Crippen molar-refractivity contribution in [3.05, 3.63) is 0 Å². The van der Waals surface area contributed by atoms with Gasteiger partial charge in [0.2, 0.25) is 5.91 Å². The van der Waals surface area contributed by atoms with E-state index in [0.29, 0.717) is 17.4 Å². The van der Waals surface area contributed by atoms with Crippen LogP contribution in [0.5, 0.6) is 0 Å². The molecule has 0 spiro atoms. The van der Waals surface area contributed by atoms with Crippen molar-refractivity contribution in [2.24, 2.45) is 10.4 Å². The zero-order valence-electron chi connectivity index (χ0n) is 16.5. The summed E-state index contributed by atoms with van der Waals surface area (Å²) in [6.07, 6.45) is 3.70. The van der Waals surface area contributed by atoms with Gasteiger partial charge in [-0.2, -0.15) is 0 Å². The zero-order valence-corrected chi connectivity index (χ0v) is 16.5. The molecule has 2 saturated heterocycles. The molecule has 2 aliphatic rings. The van der Waals surface area contributed by atoms with E-state index in [2.05, 4.69) is 56.7 Å². The lowest BCUT2D eigenvalue weighted by Gasteiger charge is -2.62. The summed E-state index contributed by atoms with van der Waals surface area (Å²) in [4.78, 5) is 21.3. The second kappa shape index (κ2) is 7.32. The molecule has 0 aromatic heterocycles. The quantitative estimate of drug-likeness (QED) is 0.599. The van der Waals surface area contributed by atoms with Crippen LogP contribution in [-0.4, -0.2) is 59.4 Å². The molecule has 1 atom stereocenters. The molecule has 0 aromatic rings. The van der Waals surface area contributed by atoms with Crippen molar-refractivity contribution in [1.82, 2.24) is 15.1 Å². The minimum Gasteiger partial charge on any atom is -0.356 e. The van der Waals surface area contributed by atoms with Gasteiger partial charge >= 0.3 is 0 Å². The molecular weight excluding hydrogens is 300 g/mol. The number of hydrogen-bond donors (Lipinski definition) is 1. The number of carbonyl (C=O) groups excluding carboxylic acids is 1. The second-order valence-electron chi connectivity index (χ2n) is 8.31. The van der Waals surface area contributed by atoms with Crippen molar-refractivity contribution in [2.75, 3.05) is 26.2 Å². The van der Waals surface area contributed by atoms with E-state index in [1.807, 2.05) is 0 Å². The lowest BCUT2D eigenvalue weighted by molar-refractivity contribution is -0.129. The number of guanidine groups is 1. The van der Waals surface area contributed by atoms with Gasteiger partial charge in [-0.3, -0.25) is 9.79 Å². The van der Waals surface area contributed by atoms with Crippen LogP contribution in [0.4, 0.5) is 0 Å². The van der Waals surface area contributed by atoms with Gasteiger partial charge in [0, 0.05) is 49.6 Å². The number of nitrogens with one attached hydrogen (secondary N) is 1. The Hall–Kier alpha value is -1.26.